The highest BCUT2D eigenvalue weighted by Crippen LogP contribution is 2.27. The summed E-state index contributed by atoms with van der Waals surface area (Å²) in [6, 6.07) is 0. The number of hydrogen-bond acceptors (Lipinski definition) is 8. The lowest BCUT2D eigenvalue weighted by Gasteiger charge is -2.00. The van der Waals surface area contributed by atoms with Gasteiger partial charge in [0.15, 0.2) is 4.34 Å². The van der Waals surface area contributed by atoms with Gasteiger partial charge < -0.3 is 5.32 Å². The van der Waals surface area contributed by atoms with Crippen molar-refractivity contribution in [2.75, 3.05) is 12.4 Å². The minimum atomic E-state index is 0.159. The molecular formula is C8H9ClN6S2. The molecule has 0 atom stereocenters. The highest BCUT2D eigenvalue weighted by molar-refractivity contribution is 8.00. The summed E-state index contributed by atoms with van der Waals surface area (Å²) in [4.78, 5) is 16.4. The van der Waals surface area contributed by atoms with Crippen LogP contribution in [0.1, 0.15) is 12.7 Å². The fourth-order valence-electron chi connectivity index (χ4n) is 0.990. The van der Waals surface area contributed by atoms with Gasteiger partial charge in [-0.15, -0.1) is 0 Å². The van der Waals surface area contributed by atoms with Crippen LogP contribution in [0.5, 0.6) is 0 Å². The molecule has 0 aliphatic carbocycles. The predicted octanol–water partition coefficient (Wildman–Crippen LogP) is 2.13. The minimum absolute atomic E-state index is 0.159. The lowest BCUT2D eigenvalue weighted by Crippen LogP contribution is -1.99. The van der Waals surface area contributed by atoms with Gasteiger partial charge in [0.25, 0.3) is 0 Å². The van der Waals surface area contributed by atoms with E-state index in [9.17, 15) is 0 Å². The lowest BCUT2D eigenvalue weighted by molar-refractivity contribution is 0.905. The molecule has 2 aromatic rings. The molecule has 2 aromatic heterocycles. The Morgan fingerprint density at radius 2 is 2.12 bits per heavy atom. The maximum Gasteiger partial charge on any atom is 0.228 e. The Kier molecular flexibility index (Phi) is 4.08. The molecule has 9 heteroatoms. The molecule has 0 saturated carbocycles. The topological polar surface area (TPSA) is 76.5 Å². The second-order valence-electron chi connectivity index (χ2n) is 2.89. The average Bonchev–Trinajstić information content (AvgIpc) is 2.76. The van der Waals surface area contributed by atoms with E-state index in [-0.39, 0.29) is 5.28 Å². The van der Waals surface area contributed by atoms with Gasteiger partial charge in [-0.2, -0.15) is 19.3 Å². The third-order valence-corrected chi connectivity index (χ3v) is 3.58. The molecule has 6 nitrogen and oxygen atoms in total. The van der Waals surface area contributed by atoms with Crippen LogP contribution in [-0.4, -0.2) is 31.4 Å². The highest BCUT2D eigenvalue weighted by Gasteiger charge is 2.09. The molecule has 0 radical (unpaired) electrons. The molecule has 0 amide bonds. The van der Waals surface area contributed by atoms with E-state index in [4.69, 9.17) is 11.6 Å². The van der Waals surface area contributed by atoms with Gasteiger partial charge in [0.05, 0.1) is 0 Å². The molecule has 2 heterocycles. The number of nitrogens with one attached hydrogen (secondary N) is 1. The number of anilines is 1. The van der Waals surface area contributed by atoms with E-state index in [0.717, 1.165) is 16.6 Å². The molecule has 0 aliphatic rings. The van der Waals surface area contributed by atoms with E-state index in [2.05, 4.69) is 29.6 Å². The Hall–Kier alpha value is -0.990. The fourth-order valence-corrected chi connectivity index (χ4v) is 2.76. The first-order chi connectivity index (χ1) is 8.21. The minimum Gasteiger partial charge on any atom is -0.357 e. The first-order valence-corrected chi connectivity index (χ1v) is 6.77. The van der Waals surface area contributed by atoms with Gasteiger partial charge in [-0.25, -0.2) is 4.98 Å². The third-order valence-electron chi connectivity index (χ3n) is 1.76. The maximum atomic E-state index is 5.78. The molecule has 0 bridgehead atoms. The molecule has 17 heavy (non-hydrogen) atoms. The highest BCUT2D eigenvalue weighted by atomic mass is 35.5. The molecule has 0 saturated heterocycles. The Labute approximate surface area is 111 Å². The molecule has 0 aliphatic heterocycles. The zero-order valence-corrected chi connectivity index (χ0v) is 11.5. The monoisotopic (exact) mass is 288 g/mol. The van der Waals surface area contributed by atoms with Crippen molar-refractivity contribution in [1.29, 1.82) is 0 Å². The number of nitrogens with zero attached hydrogens (tertiary/aromatic N) is 5. The van der Waals surface area contributed by atoms with Gasteiger partial charge in [0.1, 0.15) is 5.82 Å². The van der Waals surface area contributed by atoms with Gasteiger partial charge in [0, 0.05) is 13.5 Å². The molecule has 0 aromatic carbocycles. The van der Waals surface area contributed by atoms with Crippen LogP contribution in [0.2, 0.25) is 5.28 Å². The number of halogens is 1. The molecule has 90 valence electrons. The first-order valence-electron chi connectivity index (χ1n) is 4.81. The van der Waals surface area contributed by atoms with E-state index in [1.807, 2.05) is 6.92 Å². The second-order valence-corrected chi connectivity index (χ2v) is 5.20. The summed E-state index contributed by atoms with van der Waals surface area (Å²) in [6.45, 7) is 2.01. The summed E-state index contributed by atoms with van der Waals surface area (Å²) in [7, 11) is 1.72. The zero-order valence-electron chi connectivity index (χ0n) is 9.14. The Bertz CT molecular complexity index is 516. The number of aromatic nitrogens is 5. The van der Waals surface area contributed by atoms with Crippen molar-refractivity contribution in [3.8, 4) is 0 Å². The summed E-state index contributed by atoms with van der Waals surface area (Å²) in [6.07, 6.45) is 0.816. The van der Waals surface area contributed by atoms with E-state index in [1.54, 1.807) is 7.05 Å². The first kappa shape index (κ1) is 12.5. The van der Waals surface area contributed by atoms with Gasteiger partial charge in [-0.05, 0) is 34.9 Å². The average molecular weight is 289 g/mol. The van der Waals surface area contributed by atoms with Crippen molar-refractivity contribution < 1.29 is 0 Å². The molecular weight excluding hydrogens is 280 g/mol. The van der Waals surface area contributed by atoms with Crippen LogP contribution in [0, 0.1) is 0 Å². The molecule has 2 rings (SSSR count). The van der Waals surface area contributed by atoms with Gasteiger partial charge >= 0.3 is 0 Å². The van der Waals surface area contributed by atoms with Gasteiger partial charge in [-0.1, -0.05) is 6.92 Å². The van der Waals surface area contributed by atoms with Crippen LogP contribution in [0.25, 0.3) is 0 Å². The van der Waals surface area contributed by atoms with Crippen molar-refractivity contribution >= 4 is 40.8 Å². The zero-order chi connectivity index (χ0) is 12.3. The SMILES string of the molecule is CCc1nsc(Sc2nc(Cl)nc(NC)n2)n1. The Morgan fingerprint density at radius 3 is 2.76 bits per heavy atom. The molecule has 0 unspecified atom stereocenters. The van der Waals surface area contributed by atoms with Gasteiger partial charge in [0.2, 0.25) is 16.4 Å². The fraction of sp³-hybridized carbons (Fsp3) is 0.375. The van der Waals surface area contributed by atoms with Crippen LogP contribution in [-0.2, 0) is 6.42 Å². The van der Waals surface area contributed by atoms with Crippen LogP contribution in [0.4, 0.5) is 5.95 Å². The number of rotatable bonds is 4. The summed E-state index contributed by atoms with van der Waals surface area (Å²) >= 11 is 8.43. The third kappa shape index (κ3) is 3.24. The number of hydrogen-bond donors (Lipinski definition) is 1. The summed E-state index contributed by atoms with van der Waals surface area (Å²) in [5.74, 6) is 1.26. The standard InChI is InChI=1S/C8H9ClN6S2/c1-3-4-11-8(17-15-4)16-7-13-5(9)12-6(10-2)14-7/h3H2,1-2H3,(H,10,12,13,14). The quantitative estimate of drug-likeness (QED) is 0.923. The smallest absolute Gasteiger partial charge is 0.228 e. The van der Waals surface area contributed by atoms with Crippen molar-refractivity contribution in [3.05, 3.63) is 11.1 Å². The lowest BCUT2D eigenvalue weighted by atomic mass is 10.5. The maximum absolute atomic E-state index is 5.78. The van der Waals surface area contributed by atoms with E-state index in [0.29, 0.717) is 11.1 Å². The van der Waals surface area contributed by atoms with Gasteiger partial charge in [-0.3, -0.25) is 0 Å². The predicted molar refractivity (Wildman–Crippen MR) is 67.8 cm³/mol. The number of aryl methyl sites for hydroxylation is 1. The van der Waals surface area contributed by atoms with Crippen molar-refractivity contribution in [2.45, 2.75) is 22.8 Å². The van der Waals surface area contributed by atoms with E-state index >= 15 is 0 Å². The summed E-state index contributed by atoms with van der Waals surface area (Å²) in [5.41, 5.74) is 0. The van der Waals surface area contributed by atoms with Crippen LogP contribution < -0.4 is 5.32 Å². The van der Waals surface area contributed by atoms with Crippen molar-refractivity contribution in [3.63, 3.8) is 0 Å². The van der Waals surface area contributed by atoms with Crippen LogP contribution in [0.15, 0.2) is 9.50 Å². The molecule has 0 fully saturated rings. The second kappa shape index (κ2) is 5.56. The largest absolute Gasteiger partial charge is 0.357 e. The Morgan fingerprint density at radius 1 is 1.29 bits per heavy atom. The van der Waals surface area contributed by atoms with Crippen molar-refractivity contribution in [2.24, 2.45) is 0 Å². The summed E-state index contributed by atoms with van der Waals surface area (Å²) in [5, 5.41) is 3.48. The Balaban J connectivity index is 2.20. The van der Waals surface area contributed by atoms with Crippen LogP contribution >= 0.6 is 34.9 Å². The van der Waals surface area contributed by atoms with Crippen LogP contribution in [0.3, 0.4) is 0 Å². The molecule has 1 N–H and O–H groups in total. The normalized spacial score (nSPS) is 10.5. The molecule has 0 spiro atoms. The van der Waals surface area contributed by atoms with Crippen molar-refractivity contribution in [1.82, 2.24) is 24.3 Å². The van der Waals surface area contributed by atoms with E-state index in [1.165, 1.54) is 23.3 Å². The van der Waals surface area contributed by atoms with E-state index < -0.39 is 0 Å². The summed E-state index contributed by atoms with van der Waals surface area (Å²) < 4.78 is 4.98.